The number of hydrogen-bond donors (Lipinski definition) is 2. The van der Waals surface area contributed by atoms with Gasteiger partial charge in [-0.25, -0.2) is 0 Å². The highest BCUT2D eigenvalue weighted by Crippen LogP contribution is 2.33. The largest absolute Gasteiger partial charge is 0.369 e. The number of thiophene rings is 1. The van der Waals surface area contributed by atoms with E-state index in [1.54, 1.807) is 11.3 Å². The Hall–Kier alpha value is -3.18. The average molecular weight is 503 g/mol. The van der Waals surface area contributed by atoms with Crippen LogP contribution in [0.2, 0.25) is 0 Å². The second-order valence-electron chi connectivity index (χ2n) is 9.43. The molecule has 6 nitrogen and oxygen atoms in total. The van der Waals surface area contributed by atoms with Gasteiger partial charge in [-0.1, -0.05) is 56.3 Å². The number of nitriles is 1. The molecule has 7 heteroatoms. The number of rotatable bonds is 10. The molecule has 2 atom stereocenters. The first-order valence-corrected chi connectivity index (χ1v) is 13.4. The molecule has 188 valence electrons. The number of nitrogens with one attached hydrogen (secondary N) is 2. The molecule has 2 aromatic carbocycles. The lowest BCUT2D eigenvalue weighted by Crippen LogP contribution is -2.43. The van der Waals surface area contributed by atoms with Crippen molar-refractivity contribution < 1.29 is 9.53 Å². The van der Waals surface area contributed by atoms with E-state index in [9.17, 15) is 4.79 Å². The van der Waals surface area contributed by atoms with Gasteiger partial charge in [0, 0.05) is 36.7 Å². The van der Waals surface area contributed by atoms with Gasteiger partial charge in [-0.15, -0.1) is 11.3 Å². The number of carbonyl (C=O) groups excluding carboxylic acids is 1. The van der Waals surface area contributed by atoms with Crippen LogP contribution in [0.25, 0.3) is 11.1 Å². The number of hydrogen-bond acceptors (Lipinski definition) is 6. The Morgan fingerprint density at radius 1 is 1.08 bits per heavy atom. The van der Waals surface area contributed by atoms with Gasteiger partial charge >= 0.3 is 0 Å². The van der Waals surface area contributed by atoms with Crippen molar-refractivity contribution in [1.82, 2.24) is 10.6 Å². The quantitative estimate of drug-likeness (QED) is 0.382. The molecular formula is C29H34N4O2S. The van der Waals surface area contributed by atoms with E-state index in [-0.39, 0.29) is 24.5 Å². The number of piperazine rings is 1. The molecule has 36 heavy (non-hydrogen) atoms. The van der Waals surface area contributed by atoms with Gasteiger partial charge in [0.2, 0.25) is 5.91 Å². The van der Waals surface area contributed by atoms with Gasteiger partial charge in [0.1, 0.15) is 18.8 Å². The van der Waals surface area contributed by atoms with Gasteiger partial charge in [0.25, 0.3) is 0 Å². The van der Waals surface area contributed by atoms with E-state index < -0.39 is 6.10 Å². The van der Waals surface area contributed by atoms with Crippen LogP contribution in [0.3, 0.4) is 0 Å². The van der Waals surface area contributed by atoms with E-state index >= 15 is 0 Å². The third-order valence-corrected chi connectivity index (χ3v) is 7.23. The Kier molecular flexibility index (Phi) is 9.12. The highest BCUT2D eigenvalue weighted by atomic mass is 32.1. The first-order valence-electron chi connectivity index (χ1n) is 12.5. The van der Waals surface area contributed by atoms with Gasteiger partial charge in [0.05, 0.1) is 6.07 Å². The van der Waals surface area contributed by atoms with Crippen molar-refractivity contribution in [2.24, 2.45) is 5.92 Å². The topological polar surface area (TPSA) is 77.4 Å². The number of nitrogens with zero attached hydrogens (tertiary/aromatic N) is 2. The first-order chi connectivity index (χ1) is 17.5. The van der Waals surface area contributed by atoms with Crippen LogP contribution in [0.1, 0.15) is 36.8 Å². The molecule has 4 rings (SSSR count). The van der Waals surface area contributed by atoms with Crippen molar-refractivity contribution in [3.63, 3.8) is 0 Å². The zero-order valence-electron chi connectivity index (χ0n) is 20.9. The number of amides is 1. The highest BCUT2D eigenvalue weighted by molar-refractivity contribution is 7.10. The molecule has 1 amide bonds. The molecule has 0 saturated carbocycles. The second kappa shape index (κ2) is 12.7. The van der Waals surface area contributed by atoms with Crippen LogP contribution in [0.5, 0.6) is 0 Å². The number of ether oxygens (including phenoxy) is 1. The maximum absolute atomic E-state index is 12.8. The van der Waals surface area contributed by atoms with E-state index in [1.807, 2.05) is 23.6 Å². The predicted molar refractivity (Wildman–Crippen MR) is 146 cm³/mol. The SMILES string of the molecule is CC(C)C[C@H](O[C@@H](c1ccc(-c2ccc(N3CCNCC3)cc2)cc1)c1cccs1)C(=O)NCC#N. The maximum atomic E-state index is 12.8. The first kappa shape index (κ1) is 25.9. The summed E-state index contributed by atoms with van der Waals surface area (Å²) in [4.78, 5) is 16.2. The minimum absolute atomic E-state index is 0.0252. The lowest BCUT2D eigenvalue weighted by molar-refractivity contribution is -0.136. The van der Waals surface area contributed by atoms with Crippen LogP contribution < -0.4 is 15.5 Å². The van der Waals surface area contributed by atoms with Crippen molar-refractivity contribution in [1.29, 1.82) is 5.26 Å². The molecule has 3 aromatic rings. The Morgan fingerprint density at radius 2 is 1.75 bits per heavy atom. The zero-order chi connectivity index (χ0) is 25.3. The highest BCUT2D eigenvalue weighted by Gasteiger charge is 2.27. The molecule has 0 spiro atoms. The summed E-state index contributed by atoms with van der Waals surface area (Å²) in [6.45, 7) is 8.22. The lowest BCUT2D eigenvalue weighted by Gasteiger charge is -2.29. The van der Waals surface area contributed by atoms with Crippen LogP contribution in [0.4, 0.5) is 5.69 Å². The van der Waals surface area contributed by atoms with Gasteiger partial charge in [-0.05, 0) is 52.6 Å². The van der Waals surface area contributed by atoms with Crippen LogP contribution in [-0.4, -0.2) is 44.7 Å². The summed E-state index contributed by atoms with van der Waals surface area (Å²) in [5.74, 6) is 0.0337. The summed E-state index contributed by atoms with van der Waals surface area (Å²) in [5, 5.41) is 17.0. The molecule has 1 fully saturated rings. The molecule has 0 bridgehead atoms. The number of anilines is 1. The van der Waals surface area contributed by atoms with Gasteiger partial charge in [0.15, 0.2) is 0 Å². The molecule has 0 unspecified atom stereocenters. The Labute approximate surface area is 217 Å². The molecule has 1 saturated heterocycles. The minimum atomic E-state index is -0.636. The van der Waals surface area contributed by atoms with E-state index in [0.717, 1.165) is 42.2 Å². The van der Waals surface area contributed by atoms with Crippen molar-refractivity contribution in [3.05, 3.63) is 76.5 Å². The van der Waals surface area contributed by atoms with Gasteiger partial charge in [-0.3, -0.25) is 4.79 Å². The van der Waals surface area contributed by atoms with Crippen molar-refractivity contribution in [3.8, 4) is 17.2 Å². The number of carbonyl (C=O) groups is 1. The lowest BCUT2D eigenvalue weighted by atomic mass is 10.00. The fourth-order valence-corrected chi connectivity index (χ4v) is 5.23. The molecule has 1 aliphatic rings. The fourth-order valence-electron chi connectivity index (χ4n) is 4.45. The molecule has 1 aromatic heterocycles. The van der Waals surface area contributed by atoms with Gasteiger partial charge in [-0.2, -0.15) is 5.26 Å². The minimum Gasteiger partial charge on any atom is -0.369 e. The van der Waals surface area contributed by atoms with Crippen LogP contribution in [0.15, 0.2) is 66.0 Å². The Balaban J connectivity index is 1.53. The van der Waals surface area contributed by atoms with E-state index in [2.05, 4.69) is 77.9 Å². The second-order valence-corrected chi connectivity index (χ2v) is 10.4. The van der Waals surface area contributed by atoms with Crippen molar-refractivity contribution in [2.75, 3.05) is 37.6 Å². The van der Waals surface area contributed by atoms with Crippen molar-refractivity contribution >= 4 is 22.9 Å². The molecule has 2 N–H and O–H groups in total. The summed E-state index contributed by atoms with van der Waals surface area (Å²) >= 11 is 1.61. The normalized spacial score (nSPS) is 15.3. The van der Waals surface area contributed by atoms with Crippen LogP contribution in [0, 0.1) is 17.2 Å². The zero-order valence-corrected chi connectivity index (χ0v) is 21.8. The van der Waals surface area contributed by atoms with E-state index in [0.29, 0.717) is 6.42 Å². The summed E-state index contributed by atoms with van der Waals surface area (Å²) < 4.78 is 6.46. The standard InChI is InChI=1S/C29H34N4O2S/c1-21(2)20-26(29(34)32-14-13-30)35-28(27-4-3-19-36-27)24-7-5-22(6-8-24)23-9-11-25(12-10-23)33-17-15-31-16-18-33/h3-12,19,21,26,28,31H,14-18,20H2,1-2H3,(H,32,34)/t26-,28-/m0/s1. The molecular weight excluding hydrogens is 468 g/mol. The van der Waals surface area contributed by atoms with Crippen LogP contribution >= 0.6 is 11.3 Å². The average Bonchev–Trinajstić information content (AvgIpc) is 3.45. The third kappa shape index (κ3) is 6.73. The van der Waals surface area contributed by atoms with E-state index in [1.165, 1.54) is 11.3 Å². The van der Waals surface area contributed by atoms with Gasteiger partial charge < -0.3 is 20.3 Å². The van der Waals surface area contributed by atoms with Crippen molar-refractivity contribution in [2.45, 2.75) is 32.5 Å². The summed E-state index contributed by atoms with van der Waals surface area (Å²) in [6.07, 6.45) is -0.412. The predicted octanol–water partition coefficient (Wildman–Crippen LogP) is 4.99. The monoisotopic (exact) mass is 502 g/mol. The third-order valence-electron chi connectivity index (χ3n) is 6.32. The molecule has 1 aliphatic heterocycles. The Morgan fingerprint density at radius 3 is 2.33 bits per heavy atom. The smallest absolute Gasteiger partial charge is 0.250 e. The van der Waals surface area contributed by atoms with E-state index in [4.69, 9.17) is 10.00 Å². The molecule has 0 radical (unpaired) electrons. The maximum Gasteiger partial charge on any atom is 0.250 e. The van der Waals surface area contributed by atoms with Crippen LogP contribution in [-0.2, 0) is 9.53 Å². The summed E-state index contributed by atoms with van der Waals surface area (Å²) in [5.41, 5.74) is 4.57. The summed E-state index contributed by atoms with van der Waals surface area (Å²) in [6, 6.07) is 23.2. The molecule has 2 heterocycles. The Bertz CT molecular complexity index is 1130. The molecule has 0 aliphatic carbocycles. The number of benzene rings is 2. The summed E-state index contributed by atoms with van der Waals surface area (Å²) in [7, 11) is 0. The fraction of sp³-hybridized carbons (Fsp3) is 0.379.